The van der Waals surface area contributed by atoms with Crippen molar-refractivity contribution in [1.29, 1.82) is 0 Å². The molecule has 1 unspecified atom stereocenters. The highest BCUT2D eigenvalue weighted by molar-refractivity contribution is 5.25. The lowest BCUT2D eigenvalue weighted by Gasteiger charge is -2.31. The Labute approximate surface area is 118 Å². The highest BCUT2D eigenvalue weighted by Crippen LogP contribution is 2.22. The molecule has 0 spiro atoms. The van der Waals surface area contributed by atoms with Gasteiger partial charge in [0.15, 0.2) is 0 Å². The van der Waals surface area contributed by atoms with Gasteiger partial charge >= 0.3 is 0 Å². The van der Waals surface area contributed by atoms with Crippen molar-refractivity contribution in [2.45, 2.75) is 45.6 Å². The van der Waals surface area contributed by atoms with Gasteiger partial charge in [-0.15, -0.1) is 0 Å². The minimum atomic E-state index is 0.467. The summed E-state index contributed by atoms with van der Waals surface area (Å²) in [4.78, 5) is 2.59. The molecule has 2 nitrogen and oxygen atoms in total. The Morgan fingerprint density at radius 1 is 1.21 bits per heavy atom. The number of benzene rings is 1. The fourth-order valence-electron chi connectivity index (χ4n) is 2.90. The average Bonchev–Trinajstić information content (AvgIpc) is 2.48. The van der Waals surface area contributed by atoms with Crippen LogP contribution in [0, 0.1) is 5.92 Å². The van der Waals surface area contributed by atoms with Crippen molar-refractivity contribution in [3.8, 4) is 0 Å². The minimum Gasteiger partial charge on any atom is -0.330 e. The summed E-state index contributed by atoms with van der Waals surface area (Å²) in [6.45, 7) is 8.86. The maximum atomic E-state index is 5.71. The molecule has 2 N–H and O–H groups in total. The Morgan fingerprint density at radius 2 is 1.84 bits per heavy atom. The summed E-state index contributed by atoms with van der Waals surface area (Å²) in [6.07, 6.45) is 4.09. The Bertz CT molecular complexity index is 363. The van der Waals surface area contributed by atoms with Crippen molar-refractivity contribution >= 4 is 0 Å². The van der Waals surface area contributed by atoms with Crippen molar-refractivity contribution < 1.29 is 0 Å². The van der Waals surface area contributed by atoms with Gasteiger partial charge in [-0.1, -0.05) is 44.5 Å². The number of hydrogen-bond acceptors (Lipinski definition) is 2. The molecule has 1 aliphatic heterocycles. The first kappa shape index (κ1) is 14.5. The Kier molecular flexibility index (Phi) is 5.41. The van der Waals surface area contributed by atoms with Crippen LogP contribution in [0.4, 0.5) is 0 Å². The summed E-state index contributed by atoms with van der Waals surface area (Å²) in [7, 11) is 0. The number of piperidine rings is 1. The lowest BCUT2D eigenvalue weighted by molar-refractivity contribution is 0.175. The highest BCUT2D eigenvalue weighted by atomic mass is 15.1. The molecule has 1 atom stereocenters. The predicted octanol–water partition coefficient (Wildman–Crippen LogP) is 3.37. The SMILES string of the molecule is CCC1CCN(Cc2ccc(C(C)CN)cc2)CC1. The van der Waals surface area contributed by atoms with E-state index in [4.69, 9.17) is 5.73 Å². The van der Waals surface area contributed by atoms with Gasteiger partial charge in [0.1, 0.15) is 0 Å². The smallest absolute Gasteiger partial charge is 0.0233 e. The summed E-state index contributed by atoms with van der Waals surface area (Å²) >= 11 is 0. The third-order valence-electron chi connectivity index (χ3n) is 4.59. The van der Waals surface area contributed by atoms with E-state index in [9.17, 15) is 0 Å². The second kappa shape index (κ2) is 7.06. The monoisotopic (exact) mass is 260 g/mol. The molecule has 0 saturated carbocycles. The lowest BCUT2D eigenvalue weighted by Crippen LogP contribution is -2.32. The first-order chi connectivity index (χ1) is 9.22. The van der Waals surface area contributed by atoms with E-state index in [1.807, 2.05) is 0 Å². The van der Waals surface area contributed by atoms with Gasteiger partial charge in [0, 0.05) is 6.54 Å². The van der Waals surface area contributed by atoms with E-state index in [1.165, 1.54) is 43.5 Å². The van der Waals surface area contributed by atoms with Crippen LogP contribution in [0.2, 0.25) is 0 Å². The van der Waals surface area contributed by atoms with Gasteiger partial charge in [0.25, 0.3) is 0 Å². The molecule has 1 aliphatic rings. The van der Waals surface area contributed by atoms with Crippen LogP contribution >= 0.6 is 0 Å². The van der Waals surface area contributed by atoms with Gasteiger partial charge in [0.05, 0.1) is 0 Å². The molecule has 106 valence electrons. The molecule has 0 radical (unpaired) electrons. The summed E-state index contributed by atoms with van der Waals surface area (Å²) in [5.41, 5.74) is 8.50. The molecular formula is C17H28N2. The van der Waals surface area contributed by atoms with E-state index in [2.05, 4.69) is 43.0 Å². The molecule has 0 aliphatic carbocycles. The highest BCUT2D eigenvalue weighted by Gasteiger charge is 2.17. The zero-order chi connectivity index (χ0) is 13.7. The molecule has 0 amide bonds. The van der Waals surface area contributed by atoms with Gasteiger partial charge in [0.2, 0.25) is 0 Å². The third kappa shape index (κ3) is 4.05. The summed E-state index contributed by atoms with van der Waals surface area (Å²) in [5, 5.41) is 0. The van der Waals surface area contributed by atoms with Crippen LogP contribution in [0.15, 0.2) is 24.3 Å². The lowest BCUT2D eigenvalue weighted by atomic mass is 9.94. The molecule has 0 aromatic heterocycles. The van der Waals surface area contributed by atoms with E-state index in [0.29, 0.717) is 5.92 Å². The largest absolute Gasteiger partial charge is 0.330 e. The number of hydrogen-bond donors (Lipinski definition) is 1. The number of likely N-dealkylation sites (tertiary alicyclic amines) is 1. The molecular weight excluding hydrogens is 232 g/mol. The van der Waals surface area contributed by atoms with Crippen LogP contribution in [0.1, 0.15) is 50.2 Å². The predicted molar refractivity (Wildman–Crippen MR) is 82.2 cm³/mol. The van der Waals surface area contributed by atoms with Crippen LogP contribution in [0.3, 0.4) is 0 Å². The molecule has 1 saturated heterocycles. The average molecular weight is 260 g/mol. The Balaban J connectivity index is 1.86. The molecule has 2 rings (SSSR count). The maximum Gasteiger partial charge on any atom is 0.0233 e. The van der Waals surface area contributed by atoms with Crippen molar-refractivity contribution in [3.05, 3.63) is 35.4 Å². The Hall–Kier alpha value is -0.860. The van der Waals surface area contributed by atoms with Gasteiger partial charge < -0.3 is 5.73 Å². The van der Waals surface area contributed by atoms with Crippen LogP contribution < -0.4 is 5.73 Å². The summed E-state index contributed by atoms with van der Waals surface area (Å²) in [5.74, 6) is 1.43. The van der Waals surface area contributed by atoms with Gasteiger partial charge in [-0.05, 0) is 55.4 Å². The molecule has 1 heterocycles. The van der Waals surface area contributed by atoms with E-state index in [0.717, 1.165) is 19.0 Å². The van der Waals surface area contributed by atoms with Gasteiger partial charge in [-0.3, -0.25) is 4.90 Å². The van der Waals surface area contributed by atoms with Crippen LogP contribution in [0.25, 0.3) is 0 Å². The first-order valence-corrected chi connectivity index (χ1v) is 7.74. The fourth-order valence-corrected chi connectivity index (χ4v) is 2.90. The van der Waals surface area contributed by atoms with Crippen molar-refractivity contribution in [2.75, 3.05) is 19.6 Å². The van der Waals surface area contributed by atoms with Crippen LogP contribution in [0.5, 0.6) is 0 Å². The van der Waals surface area contributed by atoms with Crippen LogP contribution in [-0.2, 0) is 6.54 Å². The van der Waals surface area contributed by atoms with E-state index < -0.39 is 0 Å². The standard InChI is InChI=1S/C17H28N2/c1-3-15-8-10-19(11-9-15)13-16-4-6-17(7-5-16)14(2)12-18/h4-7,14-15H,3,8-13,18H2,1-2H3. The van der Waals surface area contributed by atoms with E-state index >= 15 is 0 Å². The fraction of sp³-hybridized carbons (Fsp3) is 0.647. The topological polar surface area (TPSA) is 29.3 Å². The quantitative estimate of drug-likeness (QED) is 0.879. The molecule has 1 fully saturated rings. The molecule has 1 aromatic rings. The zero-order valence-electron chi connectivity index (χ0n) is 12.4. The number of rotatable bonds is 5. The van der Waals surface area contributed by atoms with E-state index in [1.54, 1.807) is 0 Å². The van der Waals surface area contributed by atoms with Crippen molar-refractivity contribution in [2.24, 2.45) is 11.7 Å². The minimum absolute atomic E-state index is 0.467. The van der Waals surface area contributed by atoms with E-state index in [-0.39, 0.29) is 0 Å². The maximum absolute atomic E-state index is 5.71. The summed E-state index contributed by atoms with van der Waals surface area (Å²) in [6, 6.07) is 9.03. The second-order valence-electron chi connectivity index (χ2n) is 6.01. The third-order valence-corrected chi connectivity index (χ3v) is 4.59. The second-order valence-corrected chi connectivity index (χ2v) is 6.01. The zero-order valence-corrected chi connectivity index (χ0v) is 12.4. The Morgan fingerprint density at radius 3 is 2.37 bits per heavy atom. The summed E-state index contributed by atoms with van der Waals surface area (Å²) < 4.78 is 0. The van der Waals surface area contributed by atoms with Gasteiger partial charge in [-0.25, -0.2) is 0 Å². The number of nitrogens with two attached hydrogens (primary N) is 1. The molecule has 0 bridgehead atoms. The molecule has 2 heteroatoms. The normalized spacial score (nSPS) is 19.5. The molecule has 19 heavy (non-hydrogen) atoms. The number of nitrogens with zero attached hydrogens (tertiary/aromatic N) is 1. The van der Waals surface area contributed by atoms with Crippen LogP contribution in [-0.4, -0.2) is 24.5 Å². The molecule has 1 aromatic carbocycles. The van der Waals surface area contributed by atoms with Gasteiger partial charge in [-0.2, -0.15) is 0 Å². The first-order valence-electron chi connectivity index (χ1n) is 7.74. The van der Waals surface area contributed by atoms with Crippen molar-refractivity contribution in [1.82, 2.24) is 4.90 Å². The van der Waals surface area contributed by atoms with Crippen molar-refractivity contribution in [3.63, 3.8) is 0 Å².